The summed E-state index contributed by atoms with van der Waals surface area (Å²) in [6.45, 7) is 8.22. The van der Waals surface area contributed by atoms with E-state index in [1.807, 2.05) is 24.3 Å². The third-order valence-corrected chi connectivity index (χ3v) is 8.69. The van der Waals surface area contributed by atoms with Gasteiger partial charge in [-0.05, 0) is 74.1 Å². The first kappa shape index (κ1) is 28.0. The van der Waals surface area contributed by atoms with Gasteiger partial charge in [0.25, 0.3) is 0 Å². The molecule has 1 N–H and O–H groups in total. The van der Waals surface area contributed by atoms with Gasteiger partial charge in [-0.3, -0.25) is 0 Å². The summed E-state index contributed by atoms with van der Waals surface area (Å²) < 4.78 is 19.9. The Kier molecular flexibility index (Phi) is 9.17. The molecule has 5 rings (SSSR count). The Morgan fingerprint density at radius 1 is 0.923 bits per heavy atom. The lowest BCUT2D eigenvalue weighted by Gasteiger charge is -2.44. The van der Waals surface area contributed by atoms with E-state index in [2.05, 4.69) is 68.6 Å². The van der Waals surface area contributed by atoms with Crippen molar-refractivity contribution in [3.8, 4) is 5.75 Å². The fourth-order valence-electron chi connectivity index (χ4n) is 5.95. The first-order valence-corrected chi connectivity index (χ1v) is 14.9. The number of halogens is 1. The van der Waals surface area contributed by atoms with E-state index in [1.165, 1.54) is 43.2 Å². The lowest BCUT2D eigenvalue weighted by atomic mass is 9.86. The van der Waals surface area contributed by atoms with E-state index in [0.29, 0.717) is 11.6 Å². The van der Waals surface area contributed by atoms with Crippen LogP contribution in [-0.4, -0.2) is 18.3 Å². The summed E-state index contributed by atoms with van der Waals surface area (Å²) in [4.78, 5) is 0. The number of hydrogen-bond donors (Lipinski definition) is 1. The van der Waals surface area contributed by atoms with Crippen molar-refractivity contribution in [3.05, 3.63) is 94.0 Å². The Hall–Kier alpha value is -2.53. The van der Waals surface area contributed by atoms with Crippen LogP contribution < -0.4 is 10.1 Å². The third-order valence-electron chi connectivity index (χ3n) is 8.32. The minimum absolute atomic E-state index is 0.241. The van der Waals surface area contributed by atoms with E-state index in [-0.39, 0.29) is 12.2 Å². The summed E-state index contributed by atoms with van der Waals surface area (Å²) in [7, 11) is 0. The first-order chi connectivity index (χ1) is 18.9. The van der Waals surface area contributed by atoms with Crippen LogP contribution in [0.5, 0.6) is 5.75 Å². The van der Waals surface area contributed by atoms with Crippen molar-refractivity contribution in [1.82, 2.24) is 0 Å². The molecule has 1 fully saturated rings. The molecule has 0 amide bonds. The molecule has 1 saturated carbocycles. The minimum Gasteiger partial charge on any atom is -0.485 e. The second kappa shape index (κ2) is 12.8. The van der Waals surface area contributed by atoms with Crippen LogP contribution in [0.2, 0.25) is 5.02 Å². The highest BCUT2D eigenvalue weighted by Crippen LogP contribution is 2.45. The zero-order valence-corrected chi connectivity index (χ0v) is 24.3. The van der Waals surface area contributed by atoms with Gasteiger partial charge in [-0.15, -0.1) is 0 Å². The summed E-state index contributed by atoms with van der Waals surface area (Å²) >= 11 is 6.47. The maximum absolute atomic E-state index is 6.75. The second-order valence-corrected chi connectivity index (χ2v) is 12.1. The van der Waals surface area contributed by atoms with Crippen LogP contribution in [0.25, 0.3) is 0 Å². The van der Waals surface area contributed by atoms with Crippen molar-refractivity contribution < 1.29 is 14.2 Å². The second-order valence-electron chi connectivity index (χ2n) is 11.6. The third kappa shape index (κ3) is 6.98. The van der Waals surface area contributed by atoms with Crippen molar-refractivity contribution >= 4 is 17.3 Å². The quantitative estimate of drug-likeness (QED) is 0.275. The van der Waals surface area contributed by atoms with Crippen molar-refractivity contribution in [3.63, 3.8) is 0 Å². The first-order valence-electron chi connectivity index (χ1n) is 14.5. The van der Waals surface area contributed by atoms with E-state index in [4.69, 9.17) is 25.8 Å². The highest BCUT2D eigenvalue weighted by atomic mass is 35.5. The van der Waals surface area contributed by atoms with Gasteiger partial charge in [0.2, 0.25) is 0 Å². The molecule has 5 heteroatoms. The molecular formula is C34H42ClNO3. The fourth-order valence-corrected chi connectivity index (χ4v) is 6.14. The molecule has 3 aromatic rings. The number of aryl methyl sites for hydroxylation is 1. The Balaban J connectivity index is 1.38. The molecule has 2 unspecified atom stereocenters. The van der Waals surface area contributed by atoms with Gasteiger partial charge in [-0.1, -0.05) is 86.2 Å². The molecule has 1 aliphatic heterocycles. The molecule has 39 heavy (non-hydrogen) atoms. The van der Waals surface area contributed by atoms with E-state index >= 15 is 0 Å². The van der Waals surface area contributed by atoms with Gasteiger partial charge in [0.1, 0.15) is 23.6 Å². The summed E-state index contributed by atoms with van der Waals surface area (Å²) in [5.74, 6) is 1.62. The van der Waals surface area contributed by atoms with Crippen molar-refractivity contribution in [1.29, 1.82) is 0 Å². The predicted molar refractivity (Wildman–Crippen MR) is 160 cm³/mol. The largest absolute Gasteiger partial charge is 0.485 e. The molecule has 0 aromatic heterocycles. The van der Waals surface area contributed by atoms with Gasteiger partial charge < -0.3 is 19.5 Å². The van der Waals surface area contributed by atoms with Gasteiger partial charge in [0.15, 0.2) is 0 Å². The number of rotatable bonds is 10. The molecule has 2 aliphatic rings. The Bertz CT molecular complexity index is 1240. The van der Waals surface area contributed by atoms with Crippen LogP contribution in [-0.2, 0) is 22.6 Å². The maximum Gasteiger partial charge on any atom is 0.132 e. The molecule has 1 aliphatic carbocycles. The molecule has 208 valence electrons. The fraction of sp³-hybridized carbons (Fsp3) is 0.471. The van der Waals surface area contributed by atoms with Gasteiger partial charge in [-0.25, -0.2) is 0 Å². The van der Waals surface area contributed by atoms with Gasteiger partial charge >= 0.3 is 0 Å². The predicted octanol–water partition coefficient (Wildman–Crippen LogP) is 9.05. The van der Waals surface area contributed by atoms with Crippen LogP contribution in [0.4, 0.5) is 5.69 Å². The van der Waals surface area contributed by atoms with Gasteiger partial charge in [0, 0.05) is 29.4 Å². The lowest BCUT2D eigenvalue weighted by Crippen LogP contribution is -2.51. The Labute approximate surface area is 239 Å². The van der Waals surface area contributed by atoms with Crippen LogP contribution in [0.1, 0.15) is 80.7 Å². The molecule has 3 aromatic carbocycles. The maximum atomic E-state index is 6.75. The molecular weight excluding hydrogens is 506 g/mol. The standard InChI is InChI=1S/C34H42ClNO3/c1-24-11-7-8-14-26(24)22-36-28-17-18-31-29(21-28)32(37-20-19-25-12-5-4-6-13-25)33(34(2,3)39-31)38-23-27-15-9-10-16-30(27)35/h7-11,14-18,21,25,32-33,36H,4-6,12-13,19-20,22-23H2,1-3H3. The van der Waals surface area contributed by atoms with Crippen molar-refractivity contribution in [2.45, 2.75) is 90.3 Å². The van der Waals surface area contributed by atoms with E-state index < -0.39 is 5.60 Å². The number of benzene rings is 3. The number of hydrogen-bond acceptors (Lipinski definition) is 4. The summed E-state index contributed by atoms with van der Waals surface area (Å²) in [6, 6.07) is 22.7. The highest BCUT2D eigenvalue weighted by Gasteiger charge is 2.46. The van der Waals surface area contributed by atoms with Gasteiger partial charge in [0.05, 0.1) is 6.61 Å². The molecule has 4 nitrogen and oxygen atoms in total. The number of anilines is 1. The van der Waals surface area contributed by atoms with Crippen LogP contribution in [0, 0.1) is 12.8 Å². The molecule has 0 spiro atoms. The minimum atomic E-state index is -0.570. The lowest BCUT2D eigenvalue weighted by molar-refractivity contribution is -0.168. The van der Waals surface area contributed by atoms with Crippen LogP contribution >= 0.6 is 11.6 Å². The number of ether oxygens (including phenoxy) is 3. The molecule has 0 radical (unpaired) electrons. The smallest absolute Gasteiger partial charge is 0.132 e. The molecule has 0 saturated heterocycles. The topological polar surface area (TPSA) is 39.7 Å². The zero-order chi connectivity index (χ0) is 27.2. The molecule has 2 atom stereocenters. The summed E-state index contributed by atoms with van der Waals surface area (Å²) in [5, 5.41) is 4.32. The average Bonchev–Trinajstić information content (AvgIpc) is 2.93. The zero-order valence-electron chi connectivity index (χ0n) is 23.5. The van der Waals surface area contributed by atoms with Crippen molar-refractivity contribution in [2.75, 3.05) is 11.9 Å². The molecule has 0 bridgehead atoms. The number of nitrogens with one attached hydrogen (secondary N) is 1. The summed E-state index contributed by atoms with van der Waals surface area (Å²) in [6.07, 6.45) is 7.26. The van der Waals surface area contributed by atoms with Crippen LogP contribution in [0.3, 0.4) is 0 Å². The summed E-state index contributed by atoms with van der Waals surface area (Å²) in [5.41, 5.74) is 5.05. The van der Waals surface area contributed by atoms with Crippen molar-refractivity contribution in [2.24, 2.45) is 5.92 Å². The normalized spacial score (nSPS) is 20.7. The molecule has 1 heterocycles. The Morgan fingerprint density at radius 2 is 1.67 bits per heavy atom. The van der Waals surface area contributed by atoms with E-state index in [0.717, 1.165) is 48.1 Å². The van der Waals surface area contributed by atoms with E-state index in [9.17, 15) is 0 Å². The SMILES string of the molecule is Cc1ccccc1CNc1ccc2c(c1)C(OCCC1CCCCC1)C(OCc1ccccc1Cl)C(C)(C)O2. The van der Waals surface area contributed by atoms with E-state index in [1.54, 1.807) is 0 Å². The average molecular weight is 548 g/mol. The van der Waals surface area contributed by atoms with Gasteiger partial charge in [-0.2, -0.15) is 0 Å². The Morgan fingerprint density at radius 3 is 2.44 bits per heavy atom. The highest BCUT2D eigenvalue weighted by molar-refractivity contribution is 6.31. The number of fused-ring (bicyclic) bond motifs is 1. The van der Waals surface area contributed by atoms with Crippen LogP contribution in [0.15, 0.2) is 66.7 Å². The monoisotopic (exact) mass is 547 g/mol.